The topological polar surface area (TPSA) is 80.9 Å². The summed E-state index contributed by atoms with van der Waals surface area (Å²) in [5.41, 5.74) is 2.59. The number of hydrogen-bond acceptors (Lipinski definition) is 5. The van der Waals surface area contributed by atoms with Crippen molar-refractivity contribution in [1.29, 1.82) is 0 Å². The number of para-hydroxylation sites is 1. The van der Waals surface area contributed by atoms with Crippen LogP contribution in [0.25, 0.3) is 11.3 Å². The van der Waals surface area contributed by atoms with E-state index in [-0.39, 0.29) is 4.90 Å². The van der Waals surface area contributed by atoms with E-state index in [1.54, 1.807) is 19.2 Å². The van der Waals surface area contributed by atoms with Gasteiger partial charge in [0.2, 0.25) is 0 Å². The first kappa shape index (κ1) is 18.4. The van der Waals surface area contributed by atoms with E-state index in [4.69, 9.17) is 9.29 Å². The van der Waals surface area contributed by atoms with E-state index in [0.29, 0.717) is 5.69 Å². The van der Waals surface area contributed by atoms with Gasteiger partial charge in [0.25, 0.3) is 10.1 Å². The fraction of sp³-hybridized carbons (Fsp3) is 0.167. The Bertz CT molecular complexity index is 1080. The van der Waals surface area contributed by atoms with Crippen molar-refractivity contribution in [1.82, 2.24) is 4.57 Å². The Hall–Kier alpha value is -2.42. The molecule has 1 aromatic heterocycles. The number of thiazole rings is 1. The predicted molar refractivity (Wildman–Crippen MR) is 101 cm³/mol. The van der Waals surface area contributed by atoms with Crippen molar-refractivity contribution < 1.29 is 17.7 Å². The molecule has 136 valence electrons. The highest BCUT2D eigenvalue weighted by Crippen LogP contribution is 2.30. The Morgan fingerprint density at radius 3 is 2.46 bits per heavy atom. The van der Waals surface area contributed by atoms with Crippen molar-refractivity contribution in [3.63, 3.8) is 0 Å². The van der Waals surface area contributed by atoms with E-state index in [9.17, 15) is 8.42 Å². The molecule has 3 rings (SSSR count). The van der Waals surface area contributed by atoms with Crippen molar-refractivity contribution in [3.05, 3.63) is 58.7 Å². The Kier molecular flexibility index (Phi) is 5.26. The van der Waals surface area contributed by atoms with Gasteiger partial charge in [0.05, 0.1) is 23.4 Å². The molecule has 0 atom stereocenters. The number of rotatable bonds is 5. The summed E-state index contributed by atoms with van der Waals surface area (Å²) in [6.45, 7) is 2.75. The number of methoxy groups -OCH3 is 1. The van der Waals surface area contributed by atoms with Gasteiger partial charge in [-0.15, -0.1) is 11.3 Å². The molecule has 0 bridgehead atoms. The standard InChI is InChI=1S/C18H18N2O4S2/c1-3-20-16(15-6-4-5-7-17(15)24-2)12-25-18(20)19-13-8-10-14(11-9-13)26(21,22)23/h4-12H,3H2,1-2H3,(H,21,22,23). The fourth-order valence-corrected chi connectivity index (χ4v) is 4.06. The summed E-state index contributed by atoms with van der Waals surface area (Å²) in [5.74, 6) is 0.788. The molecular formula is C18H18N2O4S2. The fourth-order valence-electron chi connectivity index (χ4n) is 2.60. The van der Waals surface area contributed by atoms with Crippen LogP contribution in [-0.2, 0) is 16.7 Å². The minimum absolute atomic E-state index is 0.152. The van der Waals surface area contributed by atoms with Gasteiger partial charge >= 0.3 is 0 Å². The average Bonchev–Trinajstić information content (AvgIpc) is 3.03. The molecule has 6 nitrogen and oxygen atoms in total. The lowest BCUT2D eigenvalue weighted by Crippen LogP contribution is -2.14. The predicted octanol–water partition coefficient (Wildman–Crippen LogP) is 3.72. The third kappa shape index (κ3) is 3.72. The van der Waals surface area contributed by atoms with E-state index in [2.05, 4.69) is 9.56 Å². The molecule has 1 N–H and O–H groups in total. The zero-order valence-corrected chi connectivity index (χ0v) is 15.9. The van der Waals surface area contributed by atoms with Gasteiger partial charge in [-0.25, -0.2) is 4.99 Å². The smallest absolute Gasteiger partial charge is 0.294 e. The number of ether oxygens (including phenoxy) is 1. The summed E-state index contributed by atoms with van der Waals surface area (Å²) in [5, 5.41) is 2.02. The maximum Gasteiger partial charge on any atom is 0.294 e. The zero-order valence-electron chi connectivity index (χ0n) is 14.3. The lowest BCUT2D eigenvalue weighted by Gasteiger charge is -2.10. The molecule has 0 aliphatic rings. The van der Waals surface area contributed by atoms with Crippen LogP contribution in [0.3, 0.4) is 0 Å². The van der Waals surface area contributed by atoms with E-state index in [0.717, 1.165) is 28.4 Å². The largest absolute Gasteiger partial charge is 0.496 e. The summed E-state index contributed by atoms with van der Waals surface area (Å²) in [7, 11) is -2.56. The molecule has 0 aliphatic heterocycles. The first-order chi connectivity index (χ1) is 12.4. The molecule has 0 radical (unpaired) electrons. The third-order valence-corrected chi connectivity index (χ3v) is 5.59. The molecule has 3 aromatic rings. The SMILES string of the molecule is CCn1c(-c2ccccc2OC)csc1=Nc1ccc(S(=O)(=O)O)cc1. The molecular weight excluding hydrogens is 372 g/mol. The highest BCUT2D eigenvalue weighted by atomic mass is 32.2. The minimum atomic E-state index is -4.20. The van der Waals surface area contributed by atoms with Crippen molar-refractivity contribution >= 4 is 27.1 Å². The maximum absolute atomic E-state index is 11.1. The highest BCUT2D eigenvalue weighted by Gasteiger charge is 2.12. The van der Waals surface area contributed by atoms with Gasteiger partial charge in [-0.1, -0.05) is 12.1 Å². The first-order valence-electron chi connectivity index (χ1n) is 7.88. The third-order valence-electron chi connectivity index (χ3n) is 3.86. The summed E-state index contributed by atoms with van der Waals surface area (Å²) >= 11 is 1.49. The normalized spacial score (nSPS) is 12.3. The number of nitrogens with zero attached hydrogens (tertiary/aromatic N) is 2. The van der Waals surface area contributed by atoms with Gasteiger partial charge in [-0.05, 0) is 43.3 Å². The van der Waals surface area contributed by atoms with Gasteiger partial charge in [0.15, 0.2) is 4.80 Å². The summed E-state index contributed by atoms with van der Waals surface area (Å²) < 4.78 is 38.8. The highest BCUT2D eigenvalue weighted by molar-refractivity contribution is 7.85. The Morgan fingerprint density at radius 1 is 1.15 bits per heavy atom. The van der Waals surface area contributed by atoms with Crippen LogP contribution in [0.2, 0.25) is 0 Å². The van der Waals surface area contributed by atoms with Crippen LogP contribution >= 0.6 is 11.3 Å². The quantitative estimate of drug-likeness (QED) is 0.673. The second-order valence-electron chi connectivity index (χ2n) is 5.43. The molecule has 0 spiro atoms. The monoisotopic (exact) mass is 390 g/mol. The molecule has 2 aromatic carbocycles. The van der Waals surface area contributed by atoms with Crippen LogP contribution in [-0.4, -0.2) is 24.6 Å². The van der Waals surface area contributed by atoms with E-state index in [1.165, 1.54) is 23.5 Å². The second kappa shape index (κ2) is 7.45. The lowest BCUT2D eigenvalue weighted by atomic mass is 10.1. The van der Waals surface area contributed by atoms with Crippen LogP contribution in [0.15, 0.2) is 63.8 Å². The zero-order chi connectivity index (χ0) is 18.7. The van der Waals surface area contributed by atoms with Crippen LogP contribution < -0.4 is 9.54 Å². The maximum atomic E-state index is 11.1. The van der Waals surface area contributed by atoms with Gasteiger partial charge in [-0.3, -0.25) is 4.55 Å². The van der Waals surface area contributed by atoms with Crippen molar-refractivity contribution in [2.24, 2.45) is 4.99 Å². The van der Waals surface area contributed by atoms with E-state index >= 15 is 0 Å². The number of benzene rings is 2. The Labute approximate surface area is 155 Å². The second-order valence-corrected chi connectivity index (χ2v) is 7.69. The number of hydrogen-bond donors (Lipinski definition) is 1. The van der Waals surface area contributed by atoms with Crippen molar-refractivity contribution in [2.75, 3.05) is 7.11 Å². The van der Waals surface area contributed by atoms with Gasteiger partial charge < -0.3 is 9.30 Å². The minimum Gasteiger partial charge on any atom is -0.496 e. The molecule has 8 heteroatoms. The van der Waals surface area contributed by atoms with Crippen LogP contribution in [0.5, 0.6) is 5.75 Å². The Balaban J connectivity index is 2.07. The number of aromatic nitrogens is 1. The molecule has 0 aliphatic carbocycles. The van der Waals surface area contributed by atoms with Gasteiger partial charge in [0, 0.05) is 17.5 Å². The van der Waals surface area contributed by atoms with Crippen molar-refractivity contribution in [3.8, 4) is 17.0 Å². The molecule has 26 heavy (non-hydrogen) atoms. The van der Waals surface area contributed by atoms with Crippen LogP contribution in [0, 0.1) is 0 Å². The molecule has 0 fully saturated rings. The molecule has 0 unspecified atom stereocenters. The molecule has 1 heterocycles. The molecule has 0 saturated carbocycles. The van der Waals surface area contributed by atoms with Crippen molar-refractivity contribution in [2.45, 2.75) is 18.4 Å². The summed E-state index contributed by atoms with van der Waals surface area (Å²) in [6.07, 6.45) is 0. The van der Waals surface area contributed by atoms with Gasteiger partial charge in [-0.2, -0.15) is 8.42 Å². The molecule has 0 saturated heterocycles. The first-order valence-corrected chi connectivity index (χ1v) is 10.2. The van der Waals surface area contributed by atoms with Gasteiger partial charge in [0.1, 0.15) is 5.75 Å². The lowest BCUT2D eigenvalue weighted by molar-refractivity contribution is 0.416. The van der Waals surface area contributed by atoms with Crippen LogP contribution in [0.4, 0.5) is 5.69 Å². The van der Waals surface area contributed by atoms with E-state index < -0.39 is 10.1 Å². The summed E-state index contributed by atoms with van der Waals surface area (Å²) in [6, 6.07) is 13.6. The van der Waals surface area contributed by atoms with E-state index in [1.807, 2.05) is 36.6 Å². The molecule has 0 amide bonds. The summed E-state index contributed by atoms with van der Waals surface area (Å²) in [4.78, 5) is 5.23. The van der Waals surface area contributed by atoms with Crippen LogP contribution in [0.1, 0.15) is 6.92 Å². The Morgan fingerprint density at radius 2 is 1.85 bits per heavy atom. The average molecular weight is 390 g/mol.